The molecule has 128 valence electrons. The first kappa shape index (κ1) is 18.0. The minimum absolute atomic E-state index is 0.157. The summed E-state index contributed by atoms with van der Waals surface area (Å²) in [6.45, 7) is 0. The summed E-state index contributed by atoms with van der Waals surface area (Å²) in [4.78, 5) is 33.3. The minimum Gasteiger partial charge on any atom is -0.497 e. The van der Waals surface area contributed by atoms with E-state index in [-0.39, 0.29) is 5.69 Å². The van der Waals surface area contributed by atoms with E-state index in [2.05, 4.69) is 15.0 Å². The van der Waals surface area contributed by atoms with Crippen LogP contribution >= 0.6 is 11.3 Å². The fraction of sp³-hybridized carbons (Fsp3) is 0.0625. The molecule has 0 fully saturated rings. The van der Waals surface area contributed by atoms with Crippen LogP contribution in [-0.2, 0) is 0 Å². The van der Waals surface area contributed by atoms with E-state index in [1.54, 1.807) is 35.3 Å². The number of rotatable bonds is 4. The molecule has 0 atom stereocenters. The molecule has 0 unspecified atom stereocenters. The van der Waals surface area contributed by atoms with Gasteiger partial charge in [-0.3, -0.25) is 14.6 Å². The minimum atomic E-state index is -0.596. The third-order valence-corrected chi connectivity index (χ3v) is 3.49. The lowest BCUT2D eigenvalue weighted by atomic mass is 10.2. The zero-order valence-corrected chi connectivity index (χ0v) is 14.1. The van der Waals surface area contributed by atoms with Crippen LogP contribution < -0.4 is 16.2 Å². The lowest BCUT2D eigenvalue weighted by molar-refractivity contribution is 0.0987. The topological polar surface area (TPSA) is 134 Å². The molecule has 0 aliphatic rings. The molecule has 3 heterocycles. The summed E-state index contributed by atoms with van der Waals surface area (Å²) in [6, 6.07) is 8.64. The van der Waals surface area contributed by atoms with Crippen molar-refractivity contribution >= 4 is 23.2 Å². The monoisotopic (exact) mass is 357 g/mol. The molecule has 2 amide bonds. The Morgan fingerprint density at radius 1 is 1.04 bits per heavy atom. The van der Waals surface area contributed by atoms with Gasteiger partial charge in [-0.1, -0.05) is 6.07 Å². The van der Waals surface area contributed by atoms with E-state index >= 15 is 0 Å². The van der Waals surface area contributed by atoms with E-state index in [4.69, 9.17) is 16.2 Å². The lowest BCUT2D eigenvalue weighted by Crippen LogP contribution is -2.13. The highest BCUT2D eigenvalue weighted by atomic mass is 32.1. The van der Waals surface area contributed by atoms with Crippen LogP contribution in [0.15, 0.2) is 47.4 Å². The van der Waals surface area contributed by atoms with Crippen LogP contribution in [0.1, 0.15) is 21.0 Å². The number of carbonyl (C=O) groups excluding carboxylic acids is 2. The summed E-state index contributed by atoms with van der Waals surface area (Å²) in [6.07, 6.45) is 1.65. The first-order valence-corrected chi connectivity index (χ1v) is 7.91. The Labute approximate surface area is 147 Å². The van der Waals surface area contributed by atoms with Crippen LogP contribution in [-0.4, -0.2) is 33.9 Å². The number of pyridine rings is 2. The molecule has 0 bridgehead atoms. The van der Waals surface area contributed by atoms with Gasteiger partial charge in [0.1, 0.15) is 17.1 Å². The Kier molecular flexibility index (Phi) is 6.13. The highest BCUT2D eigenvalue weighted by Gasteiger charge is 2.09. The van der Waals surface area contributed by atoms with Crippen molar-refractivity contribution in [1.29, 1.82) is 0 Å². The number of primary amides is 2. The number of amides is 2. The van der Waals surface area contributed by atoms with Crippen molar-refractivity contribution in [3.05, 3.63) is 58.8 Å². The summed E-state index contributed by atoms with van der Waals surface area (Å²) in [5.41, 5.74) is 13.4. The predicted octanol–water partition coefficient (Wildman–Crippen LogP) is 1.49. The number of hydrogen-bond donors (Lipinski definition) is 2. The van der Waals surface area contributed by atoms with Gasteiger partial charge in [-0.15, -0.1) is 11.3 Å². The molecule has 0 saturated carbocycles. The first-order chi connectivity index (χ1) is 12.0. The van der Waals surface area contributed by atoms with E-state index in [9.17, 15) is 9.59 Å². The van der Waals surface area contributed by atoms with Crippen molar-refractivity contribution in [2.45, 2.75) is 0 Å². The first-order valence-electron chi connectivity index (χ1n) is 6.96. The van der Waals surface area contributed by atoms with Gasteiger partial charge in [-0.25, -0.2) is 9.97 Å². The van der Waals surface area contributed by atoms with Crippen molar-refractivity contribution in [2.24, 2.45) is 11.5 Å². The number of carbonyl (C=O) groups is 2. The summed E-state index contributed by atoms with van der Waals surface area (Å²) in [5.74, 6) is -0.540. The van der Waals surface area contributed by atoms with Gasteiger partial charge in [-0.2, -0.15) is 0 Å². The number of nitrogens with two attached hydrogens (primary N) is 2. The average molecular weight is 357 g/mol. The van der Waals surface area contributed by atoms with Gasteiger partial charge in [0.05, 0.1) is 24.0 Å². The van der Waals surface area contributed by atoms with Crippen LogP contribution in [0.2, 0.25) is 0 Å². The molecule has 8 nitrogen and oxygen atoms in total. The molecule has 0 aliphatic heterocycles. The number of methoxy groups -OCH3 is 1. The SMILES string of the molecule is COc1cc(C(N)=O)nc(-c2ccccn2)c1.NC(=O)c1cscn1. The summed E-state index contributed by atoms with van der Waals surface area (Å²) in [5, 5.41) is 1.61. The number of nitrogens with zero attached hydrogens (tertiary/aromatic N) is 3. The van der Waals surface area contributed by atoms with Crippen LogP contribution in [0.5, 0.6) is 5.75 Å². The van der Waals surface area contributed by atoms with Gasteiger partial charge in [-0.05, 0) is 12.1 Å². The smallest absolute Gasteiger partial charge is 0.268 e. The Bertz CT molecular complexity index is 853. The van der Waals surface area contributed by atoms with Crippen LogP contribution in [0, 0.1) is 0 Å². The van der Waals surface area contributed by atoms with Crippen LogP contribution in [0.25, 0.3) is 11.4 Å². The van der Waals surface area contributed by atoms with E-state index in [1.165, 1.54) is 24.5 Å². The molecule has 0 radical (unpaired) electrons. The molecular weight excluding hydrogens is 342 g/mol. The molecule has 3 rings (SSSR count). The molecule has 0 aliphatic carbocycles. The normalized spacial score (nSPS) is 9.64. The highest BCUT2D eigenvalue weighted by Crippen LogP contribution is 2.21. The van der Waals surface area contributed by atoms with Crippen molar-refractivity contribution in [2.75, 3.05) is 7.11 Å². The Hall–Kier alpha value is -3.33. The second kappa shape index (κ2) is 8.50. The van der Waals surface area contributed by atoms with Gasteiger partial charge in [0.2, 0.25) is 0 Å². The predicted molar refractivity (Wildman–Crippen MR) is 93.2 cm³/mol. The van der Waals surface area contributed by atoms with Gasteiger partial charge in [0, 0.05) is 23.7 Å². The van der Waals surface area contributed by atoms with E-state index < -0.39 is 11.8 Å². The van der Waals surface area contributed by atoms with Gasteiger partial charge in [0.15, 0.2) is 0 Å². The molecule has 4 N–H and O–H groups in total. The van der Waals surface area contributed by atoms with Crippen LogP contribution in [0.3, 0.4) is 0 Å². The fourth-order valence-corrected chi connectivity index (χ4v) is 2.27. The largest absolute Gasteiger partial charge is 0.497 e. The third-order valence-electron chi connectivity index (χ3n) is 2.90. The molecule has 0 saturated heterocycles. The highest BCUT2D eigenvalue weighted by molar-refractivity contribution is 7.07. The van der Waals surface area contributed by atoms with E-state index in [0.717, 1.165) is 0 Å². The summed E-state index contributed by atoms with van der Waals surface area (Å²) < 4.78 is 5.09. The fourth-order valence-electron chi connectivity index (χ4n) is 1.73. The molecule has 9 heteroatoms. The van der Waals surface area contributed by atoms with E-state index in [0.29, 0.717) is 22.8 Å². The maximum atomic E-state index is 11.1. The maximum Gasteiger partial charge on any atom is 0.268 e. The molecule has 3 aromatic heterocycles. The Morgan fingerprint density at radius 2 is 1.80 bits per heavy atom. The van der Waals surface area contributed by atoms with E-state index in [1.807, 2.05) is 6.07 Å². The van der Waals surface area contributed by atoms with Gasteiger partial charge in [0.25, 0.3) is 11.8 Å². The number of thiazole rings is 1. The zero-order chi connectivity index (χ0) is 18.2. The standard InChI is InChI=1S/C12H11N3O2.C4H4N2OS/c1-17-8-6-10(9-4-2-3-5-14-9)15-11(7-8)12(13)16;5-4(7)3-1-8-2-6-3/h2-7H,1H3,(H2,13,16);1-2H,(H2,5,7). The summed E-state index contributed by atoms with van der Waals surface area (Å²) in [7, 11) is 1.52. The third kappa shape index (κ3) is 5.08. The number of ether oxygens (including phenoxy) is 1. The second-order valence-corrected chi connectivity index (χ2v) is 5.31. The van der Waals surface area contributed by atoms with Crippen LogP contribution in [0.4, 0.5) is 0 Å². The maximum absolute atomic E-state index is 11.1. The molecule has 25 heavy (non-hydrogen) atoms. The average Bonchev–Trinajstić information content (AvgIpc) is 3.17. The molecule has 3 aromatic rings. The summed E-state index contributed by atoms with van der Waals surface area (Å²) >= 11 is 1.36. The lowest BCUT2D eigenvalue weighted by Gasteiger charge is -2.05. The zero-order valence-electron chi connectivity index (χ0n) is 13.2. The molecular formula is C16H15N5O3S. The quantitative estimate of drug-likeness (QED) is 0.726. The van der Waals surface area contributed by atoms with Crippen molar-refractivity contribution in [3.8, 4) is 17.1 Å². The van der Waals surface area contributed by atoms with Gasteiger partial charge < -0.3 is 16.2 Å². The van der Waals surface area contributed by atoms with Gasteiger partial charge >= 0.3 is 0 Å². The number of hydrogen-bond acceptors (Lipinski definition) is 7. The molecule has 0 spiro atoms. The molecule has 0 aromatic carbocycles. The number of aromatic nitrogens is 3. The Morgan fingerprint density at radius 3 is 2.28 bits per heavy atom. The Balaban J connectivity index is 0.000000236. The van der Waals surface area contributed by atoms with Crippen molar-refractivity contribution < 1.29 is 14.3 Å². The van der Waals surface area contributed by atoms with Crippen molar-refractivity contribution in [1.82, 2.24) is 15.0 Å². The second-order valence-electron chi connectivity index (χ2n) is 4.59. The van der Waals surface area contributed by atoms with Crippen molar-refractivity contribution in [3.63, 3.8) is 0 Å².